The van der Waals surface area contributed by atoms with Crippen LogP contribution in [0.25, 0.3) is 0 Å². The Balaban J connectivity index is 2.04. The molecule has 0 aliphatic carbocycles. The molecule has 5 nitrogen and oxygen atoms in total. The maximum absolute atomic E-state index is 12.5. The number of benzene rings is 1. The van der Waals surface area contributed by atoms with Crippen LogP contribution in [0.1, 0.15) is 32.4 Å². The Morgan fingerprint density at radius 2 is 1.91 bits per heavy atom. The van der Waals surface area contributed by atoms with Gasteiger partial charge in [-0.05, 0) is 31.3 Å². The van der Waals surface area contributed by atoms with Crippen LogP contribution in [0.4, 0.5) is 5.69 Å². The van der Waals surface area contributed by atoms with Crippen molar-refractivity contribution in [1.82, 2.24) is 15.1 Å². The standard InChI is InChI=1S/C17H24N4OS/c1-17(2,3)23-14-8-6-13(7-9-14)20-16(22)15(18-4)12-10-19-21(5)11-12/h6-11,15,18H,1-5H3,(H,20,22). The molecule has 0 fully saturated rings. The molecule has 1 unspecified atom stereocenters. The van der Waals surface area contributed by atoms with Crippen LogP contribution in [0.2, 0.25) is 0 Å². The Bertz CT molecular complexity index is 658. The number of rotatable bonds is 5. The Hall–Kier alpha value is -1.79. The number of nitrogens with one attached hydrogen (secondary N) is 2. The SMILES string of the molecule is CNC(C(=O)Nc1ccc(SC(C)(C)C)cc1)c1cnn(C)c1. The fourth-order valence-electron chi connectivity index (χ4n) is 2.21. The third-order valence-electron chi connectivity index (χ3n) is 3.15. The van der Waals surface area contributed by atoms with Gasteiger partial charge < -0.3 is 10.6 Å². The lowest BCUT2D eigenvalue weighted by Crippen LogP contribution is -2.30. The zero-order valence-corrected chi connectivity index (χ0v) is 15.1. The van der Waals surface area contributed by atoms with Gasteiger partial charge in [-0.2, -0.15) is 5.10 Å². The zero-order valence-electron chi connectivity index (χ0n) is 14.3. The number of thioether (sulfide) groups is 1. The van der Waals surface area contributed by atoms with Crippen LogP contribution in [0.5, 0.6) is 0 Å². The molecule has 0 bridgehead atoms. The maximum atomic E-state index is 12.5. The summed E-state index contributed by atoms with van der Waals surface area (Å²) in [6.45, 7) is 6.54. The third kappa shape index (κ3) is 5.11. The van der Waals surface area contributed by atoms with Crippen molar-refractivity contribution in [2.75, 3.05) is 12.4 Å². The summed E-state index contributed by atoms with van der Waals surface area (Å²) >= 11 is 1.80. The van der Waals surface area contributed by atoms with Crippen LogP contribution in [0.15, 0.2) is 41.6 Å². The van der Waals surface area contributed by atoms with Gasteiger partial charge in [0.1, 0.15) is 6.04 Å². The van der Waals surface area contributed by atoms with Crippen LogP contribution in [0.3, 0.4) is 0 Å². The Labute approximate surface area is 141 Å². The molecule has 1 aromatic heterocycles. The van der Waals surface area contributed by atoms with E-state index in [1.807, 2.05) is 37.5 Å². The molecule has 0 aliphatic heterocycles. The number of carbonyl (C=O) groups excluding carboxylic acids is 1. The molecule has 0 saturated heterocycles. The van der Waals surface area contributed by atoms with E-state index < -0.39 is 6.04 Å². The van der Waals surface area contributed by atoms with E-state index in [2.05, 4.69) is 36.5 Å². The summed E-state index contributed by atoms with van der Waals surface area (Å²) in [6.07, 6.45) is 3.54. The number of carbonyl (C=O) groups is 1. The molecule has 124 valence electrons. The summed E-state index contributed by atoms with van der Waals surface area (Å²) in [5, 5.41) is 10.1. The van der Waals surface area contributed by atoms with Crippen molar-refractivity contribution in [1.29, 1.82) is 0 Å². The first kappa shape index (κ1) is 17.6. The van der Waals surface area contributed by atoms with Crippen LogP contribution >= 0.6 is 11.8 Å². The normalized spacial score (nSPS) is 12.9. The molecule has 6 heteroatoms. The number of aromatic nitrogens is 2. The average Bonchev–Trinajstić information content (AvgIpc) is 2.86. The molecule has 0 spiro atoms. The molecule has 1 amide bonds. The molecule has 1 atom stereocenters. The highest BCUT2D eigenvalue weighted by Crippen LogP contribution is 2.32. The smallest absolute Gasteiger partial charge is 0.246 e. The van der Waals surface area contributed by atoms with Crippen molar-refractivity contribution < 1.29 is 4.79 Å². The largest absolute Gasteiger partial charge is 0.324 e. The molecule has 0 radical (unpaired) electrons. The summed E-state index contributed by atoms with van der Waals surface area (Å²) < 4.78 is 1.85. The maximum Gasteiger partial charge on any atom is 0.246 e. The van der Waals surface area contributed by atoms with E-state index in [1.54, 1.807) is 29.7 Å². The first-order valence-electron chi connectivity index (χ1n) is 7.54. The highest BCUT2D eigenvalue weighted by molar-refractivity contribution is 8.00. The van der Waals surface area contributed by atoms with E-state index in [9.17, 15) is 4.79 Å². The highest BCUT2D eigenvalue weighted by atomic mass is 32.2. The lowest BCUT2D eigenvalue weighted by molar-refractivity contribution is -0.118. The van der Waals surface area contributed by atoms with Crippen molar-refractivity contribution in [3.05, 3.63) is 42.2 Å². The van der Waals surface area contributed by atoms with Crippen molar-refractivity contribution in [3.63, 3.8) is 0 Å². The van der Waals surface area contributed by atoms with Crippen molar-refractivity contribution >= 4 is 23.4 Å². The molecular weight excluding hydrogens is 308 g/mol. The highest BCUT2D eigenvalue weighted by Gasteiger charge is 2.20. The third-order valence-corrected chi connectivity index (χ3v) is 4.28. The molecule has 2 N–H and O–H groups in total. The molecule has 0 saturated carbocycles. The van der Waals surface area contributed by atoms with Gasteiger partial charge in [0.25, 0.3) is 0 Å². The van der Waals surface area contributed by atoms with Gasteiger partial charge >= 0.3 is 0 Å². The van der Waals surface area contributed by atoms with Gasteiger partial charge in [-0.25, -0.2) is 0 Å². The zero-order chi connectivity index (χ0) is 17.0. The number of aryl methyl sites for hydroxylation is 1. The van der Waals surface area contributed by atoms with E-state index in [4.69, 9.17) is 0 Å². The molecule has 23 heavy (non-hydrogen) atoms. The predicted octanol–water partition coefficient (Wildman–Crippen LogP) is 3.21. The quantitative estimate of drug-likeness (QED) is 0.826. The van der Waals surface area contributed by atoms with E-state index in [0.29, 0.717) is 0 Å². The predicted molar refractivity (Wildman–Crippen MR) is 95.7 cm³/mol. The summed E-state index contributed by atoms with van der Waals surface area (Å²) in [6, 6.07) is 7.50. The minimum Gasteiger partial charge on any atom is -0.324 e. The number of likely N-dealkylation sites (N-methyl/N-ethyl adjacent to an activating group) is 1. The Morgan fingerprint density at radius 1 is 1.26 bits per heavy atom. The van der Waals surface area contributed by atoms with Crippen LogP contribution in [-0.4, -0.2) is 27.5 Å². The van der Waals surface area contributed by atoms with E-state index in [0.717, 1.165) is 11.3 Å². The van der Waals surface area contributed by atoms with E-state index in [-0.39, 0.29) is 10.7 Å². The van der Waals surface area contributed by atoms with E-state index in [1.165, 1.54) is 4.90 Å². The topological polar surface area (TPSA) is 59.0 Å². The molecule has 2 rings (SSSR count). The van der Waals surface area contributed by atoms with E-state index >= 15 is 0 Å². The van der Waals surface area contributed by atoms with Gasteiger partial charge in [-0.1, -0.05) is 20.8 Å². The minimum atomic E-state index is -0.424. The minimum absolute atomic E-state index is 0.100. The molecule has 1 heterocycles. The monoisotopic (exact) mass is 332 g/mol. The van der Waals surface area contributed by atoms with Crippen LogP contribution in [-0.2, 0) is 11.8 Å². The lowest BCUT2D eigenvalue weighted by Gasteiger charge is -2.18. The number of hydrogen-bond acceptors (Lipinski definition) is 4. The molecule has 0 aliphatic rings. The number of nitrogens with zero attached hydrogens (tertiary/aromatic N) is 2. The Kier molecular flexibility index (Phi) is 5.49. The Morgan fingerprint density at radius 3 is 2.39 bits per heavy atom. The van der Waals surface area contributed by atoms with Crippen molar-refractivity contribution in [3.8, 4) is 0 Å². The molecule has 1 aromatic carbocycles. The van der Waals surface area contributed by atoms with Crippen LogP contribution < -0.4 is 10.6 Å². The van der Waals surface area contributed by atoms with Gasteiger partial charge in [0.05, 0.1) is 6.20 Å². The van der Waals surface area contributed by atoms with Gasteiger partial charge in [0, 0.05) is 34.1 Å². The number of hydrogen-bond donors (Lipinski definition) is 2. The average molecular weight is 332 g/mol. The summed E-state index contributed by atoms with van der Waals surface area (Å²) in [5.41, 5.74) is 1.63. The number of amides is 1. The second-order valence-corrected chi connectivity index (χ2v) is 8.30. The summed E-state index contributed by atoms with van der Waals surface area (Å²) in [5.74, 6) is -0.100. The molecule has 2 aromatic rings. The van der Waals surface area contributed by atoms with Crippen molar-refractivity contribution in [2.24, 2.45) is 7.05 Å². The van der Waals surface area contributed by atoms with Crippen LogP contribution in [0, 0.1) is 0 Å². The van der Waals surface area contributed by atoms with Gasteiger partial charge in [0.15, 0.2) is 0 Å². The fourth-order valence-corrected chi connectivity index (χ4v) is 3.19. The fraction of sp³-hybridized carbons (Fsp3) is 0.412. The first-order valence-corrected chi connectivity index (χ1v) is 8.36. The second kappa shape index (κ2) is 7.19. The van der Waals surface area contributed by atoms with Gasteiger partial charge in [-0.3, -0.25) is 9.48 Å². The second-order valence-electron chi connectivity index (χ2n) is 6.40. The molecular formula is C17H24N4OS. The van der Waals surface area contributed by atoms with Gasteiger partial charge in [-0.15, -0.1) is 11.8 Å². The summed E-state index contributed by atoms with van der Waals surface area (Å²) in [4.78, 5) is 13.6. The van der Waals surface area contributed by atoms with Gasteiger partial charge in [0.2, 0.25) is 5.91 Å². The van der Waals surface area contributed by atoms with Crippen molar-refractivity contribution in [2.45, 2.75) is 36.5 Å². The number of anilines is 1. The lowest BCUT2D eigenvalue weighted by atomic mass is 10.1. The summed E-state index contributed by atoms with van der Waals surface area (Å²) in [7, 11) is 3.60. The first-order chi connectivity index (χ1) is 10.8.